The summed E-state index contributed by atoms with van der Waals surface area (Å²) < 4.78 is 0. The summed E-state index contributed by atoms with van der Waals surface area (Å²) in [6.45, 7) is 6.37. The van der Waals surface area contributed by atoms with E-state index in [0.717, 1.165) is 6.54 Å². The Morgan fingerprint density at radius 3 is 2.11 bits per heavy atom. The molecule has 56 valence electrons. The van der Waals surface area contributed by atoms with Crippen molar-refractivity contribution in [3.63, 3.8) is 0 Å². The quantitative estimate of drug-likeness (QED) is 0.531. The third kappa shape index (κ3) is 4.43. The number of nitrogens with zero attached hydrogens (tertiary/aromatic N) is 1. The normalized spacial score (nSPS) is 20.3. The van der Waals surface area contributed by atoms with Crippen molar-refractivity contribution in [3.8, 4) is 0 Å². The van der Waals surface area contributed by atoms with Gasteiger partial charge in [-0.25, -0.2) is 5.01 Å². The van der Waals surface area contributed by atoms with Crippen LogP contribution >= 0.6 is 0 Å². The van der Waals surface area contributed by atoms with Gasteiger partial charge in [-0.05, 0) is 12.8 Å². The molecule has 1 fully saturated rings. The van der Waals surface area contributed by atoms with Crippen molar-refractivity contribution in [1.29, 1.82) is 0 Å². The fourth-order valence-corrected chi connectivity index (χ4v) is 0.823. The topological polar surface area (TPSA) is 15.3 Å². The second-order valence-corrected chi connectivity index (χ2v) is 2.04. The molecule has 1 aliphatic heterocycles. The molecule has 1 saturated heterocycles. The summed E-state index contributed by atoms with van der Waals surface area (Å²) in [6, 6.07) is 0. The van der Waals surface area contributed by atoms with Crippen LogP contribution in [-0.2, 0) is 0 Å². The van der Waals surface area contributed by atoms with Crippen LogP contribution in [0.15, 0.2) is 0 Å². The van der Waals surface area contributed by atoms with Crippen molar-refractivity contribution in [3.05, 3.63) is 0 Å². The Morgan fingerprint density at radius 1 is 1.22 bits per heavy atom. The molecule has 0 unspecified atom stereocenters. The van der Waals surface area contributed by atoms with E-state index in [9.17, 15) is 0 Å². The van der Waals surface area contributed by atoms with Gasteiger partial charge in [0, 0.05) is 20.1 Å². The Kier molecular flexibility index (Phi) is 5.99. The van der Waals surface area contributed by atoms with Gasteiger partial charge in [-0.2, -0.15) is 0 Å². The Bertz CT molecular complexity index is 48.9. The maximum absolute atomic E-state index is 3.22. The first-order valence-electron chi connectivity index (χ1n) is 3.84. The van der Waals surface area contributed by atoms with Crippen LogP contribution in [0.3, 0.4) is 0 Å². The molecule has 0 amide bonds. The van der Waals surface area contributed by atoms with Crippen molar-refractivity contribution < 1.29 is 0 Å². The van der Waals surface area contributed by atoms with Gasteiger partial charge in [0.15, 0.2) is 0 Å². The Labute approximate surface area is 58.2 Å². The van der Waals surface area contributed by atoms with Gasteiger partial charge in [0.05, 0.1) is 0 Å². The SMILES string of the molecule is CC.CN1CCCCN1. The maximum Gasteiger partial charge on any atom is 0.0128 e. The molecule has 1 heterocycles. The number of hydrazine groups is 1. The standard InChI is InChI=1S/C5H12N2.C2H6/c1-7-5-3-2-4-6-7;1-2/h6H,2-5H2,1H3;1-2H3. The van der Waals surface area contributed by atoms with E-state index in [4.69, 9.17) is 0 Å². The second kappa shape index (κ2) is 6.05. The van der Waals surface area contributed by atoms with E-state index >= 15 is 0 Å². The molecule has 2 nitrogen and oxygen atoms in total. The van der Waals surface area contributed by atoms with Gasteiger partial charge in [-0.3, -0.25) is 5.43 Å². The summed E-state index contributed by atoms with van der Waals surface area (Å²) in [5.41, 5.74) is 3.22. The van der Waals surface area contributed by atoms with Crippen molar-refractivity contribution in [2.24, 2.45) is 0 Å². The molecule has 0 aromatic rings. The highest BCUT2D eigenvalue weighted by Crippen LogP contribution is 1.94. The zero-order valence-electron chi connectivity index (χ0n) is 6.78. The van der Waals surface area contributed by atoms with Crippen LogP contribution in [0.4, 0.5) is 0 Å². The Hall–Kier alpha value is -0.0800. The molecule has 2 heteroatoms. The van der Waals surface area contributed by atoms with Crippen molar-refractivity contribution in [2.75, 3.05) is 20.1 Å². The first-order chi connectivity index (χ1) is 4.39. The maximum atomic E-state index is 3.22. The van der Waals surface area contributed by atoms with E-state index in [2.05, 4.69) is 17.5 Å². The molecule has 0 bridgehead atoms. The van der Waals surface area contributed by atoms with Gasteiger partial charge in [0.2, 0.25) is 0 Å². The molecule has 0 saturated carbocycles. The molecule has 0 aliphatic carbocycles. The summed E-state index contributed by atoms with van der Waals surface area (Å²) in [6.07, 6.45) is 2.69. The molecular formula is C7H18N2. The average Bonchev–Trinajstić information content (AvgIpc) is 1.94. The third-order valence-corrected chi connectivity index (χ3v) is 1.30. The van der Waals surface area contributed by atoms with Gasteiger partial charge in [0.1, 0.15) is 0 Å². The van der Waals surface area contributed by atoms with Gasteiger partial charge >= 0.3 is 0 Å². The van der Waals surface area contributed by atoms with E-state index < -0.39 is 0 Å². The van der Waals surface area contributed by atoms with Crippen LogP contribution in [0.25, 0.3) is 0 Å². The van der Waals surface area contributed by atoms with Crippen LogP contribution in [0.2, 0.25) is 0 Å². The zero-order valence-corrected chi connectivity index (χ0v) is 6.78. The lowest BCUT2D eigenvalue weighted by Crippen LogP contribution is -2.39. The first-order valence-corrected chi connectivity index (χ1v) is 3.84. The lowest BCUT2D eigenvalue weighted by atomic mass is 10.3. The number of rotatable bonds is 0. The van der Waals surface area contributed by atoms with Gasteiger partial charge in [-0.15, -0.1) is 0 Å². The minimum atomic E-state index is 1.16. The molecule has 0 radical (unpaired) electrons. The minimum absolute atomic E-state index is 1.16. The van der Waals surface area contributed by atoms with Gasteiger partial charge < -0.3 is 0 Å². The van der Waals surface area contributed by atoms with E-state index in [1.54, 1.807) is 0 Å². The van der Waals surface area contributed by atoms with Crippen molar-refractivity contribution in [1.82, 2.24) is 10.4 Å². The highest BCUT2D eigenvalue weighted by atomic mass is 15.5. The molecule has 9 heavy (non-hydrogen) atoms. The van der Waals surface area contributed by atoms with Crippen LogP contribution in [0.1, 0.15) is 26.7 Å². The van der Waals surface area contributed by atoms with Crippen molar-refractivity contribution in [2.45, 2.75) is 26.7 Å². The monoisotopic (exact) mass is 130 g/mol. The molecule has 1 N–H and O–H groups in total. The van der Waals surface area contributed by atoms with Gasteiger partial charge in [0.25, 0.3) is 0 Å². The summed E-state index contributed by atoms with van der Waals surface area (Å²) in [5.74, 6) is 0. The smallest absolute Gasteiger partial charge is 0.0128 e. The predicted molar refractivity (Wildman–Crippen MR) is 41.2 cm³/mol. The number of hydrogen-bond donors (Lipinski definition) is 1. The minimum Gasteiger partial charge on any atom is -0.255 e. The van der Waals surface area contributed by atoms with Crippen LogP contribution in [0.5, 0.6) is 0 Å². The van der Waals surface area contributed by atoms with E-state index in [-0.39, 0.29) is 0 Å². The fraction of sp³-hybridized carbons (Fsp3) is 1.00. The molecule has 1 aliphatic rings. The molecule has 0 aromatic carbocycles. The fourth-order valence-electron chi connectivity index (χ4n) is 0.823. The summed E-state index contributed by atoms with van der Waals surface area (Å²) in [7, 11) is 2.08. The average molecular weight is 130 g/mol. The summed E-state index contributed by atoms with van der Waals surface area (Å²) in [4.78, 5) is 0. The number of nitrogens with one attached hydrogen (secondary N) is 1. The lowest BCUT2D eigenvalue weighted by molar-refractivity contribution is 0.194. The third-order valence-electron chi connectivity index (χ3n) is 1.30. The zero-order chi connectivity index (χ0) is 7.11. The molecule has 0 aromatic heterocycles. The first kappa shape index (κ1) is 8.92. The largest absolute Gasteiger partial charge is 0.255 e. The number of hydrogen-bond acceptors (Lipinski definition) is 2. The highest BCUT2D eigenvalue weighted by molar-refractivity contribution is 4.54. The Morgan fingerprint density at radius 2 is 1.89 bits per heavy atom. The second-order valence-electron chi connectivity index (χ2n) is 2.04. The van der Waals surface area contributed by atoms with Crippen LogP contribution < -0.4 is 5.43 Å². The van der Waals surface area contributed by atoms with E-state index in [1.165, 1.54) is 19.4 Å². The molecule has 0 spiro atoms. The van der Waals surface area contributed by atoms with Gasteiger partial charge in [-0.1, -0.05) is 13.8 Å². The lowest BCUT2D eigenvalue weighted by Gasteiger charge is -2.22. The molecule has 1 rings (SSSR count). The van der Waals surface area contributed by atoms with Crippen molar-refractivity contribution >= 4 is 0 Å². The molecular weight excluding hydrogens is 112 g/mol. The predicted octanol–water partition coefficient (Wildman–Crippen LogP) is 1.24. The van der Waals surface area contributed by atoms with E-state index in [1.807, 2.05) is 13.8 Å². The summed E-state index contributed by atoms with van der Waals surface area (Å²) in [5, 5.41) is 2.14. The van der Waals surface area contributed by atoms with Crippen LogP contribution in [0, 0.1) is 0 Å². The molecule has 0 atom stereocenters. The van der Waals surface area contributed by atoms with E-state index in [0.29, 0.717) is 0 Å². The summed E-state index contributed by atoms with van der Waals surface area (Å²) >= 11 is 0. The highest BCUT2D eigenvalue weighted by Gasteiger charge is 2.00. The van der Waals surface area contributed by atoms with Crippen LogP contribution in [-0.4, -0.2) is 25.1 Å². The Balaban J connectivity index is 0.000000291.